The van der Waals surface area contributed by atoms with E-state index in [2.05, 4.69) is 31.1 Å². The first-order valence-corrected chi connectivity index (χ1v) is 6.69. The molecule has 2 aromatic rings. The highest BCUT2D eigenvalue weighted by Gasteiger charge is 2.33. The van der Waals surface area contributed by atoms with Crippen molar-refractivity contribution in [1.82, 2.24) is 15.0 Å². The highest BCUT2D eigenvalue weighted by molar-refractivity contribution is 5.32. The van der Waals surface area contributed by atoms with Gasteiger partial charge in [0.25, 0.3) is 0 Å². The van der Waals surface area contributed by atoms with Crippen LogP contribution in [0.25, 0.3) is 5.69 Å². The predicted molar refractivity (Wildman–Crippen MR) is 78.5 cm³/mol. The van der Waals surface area contributed by atoms with Crippen molar-refractivity contribution < 1.29 is 4.74 Å². The molecule has 1 aromatic carbocycles. The molecule has 1 aromatic heterocycles. The van der Waals surface area contributed by atoms with Crippen LogP contribution in [-0.4, -0.2) is 28.2 Å². The predicted octanol–water partition coefficient (Wildman–Crippen LogP) is 2.33. The second-order valence-electron chi connectivity index (χ2n) is 5.95. The molecule has 2 unspecified atom stereocenters. The third kappa shape index (κ3) is 2.89. The topological polar surface area (TPSA) is 66.0 Å². The molecule has 0 aliphatic carbocycles. The van der Waals surface area contributed by atoms with E-state index in [1.807, 2.05) is 30.3 Å². The number of nitrogens with two attached hydrogens (primary N) is 1. The molecule has 0 saturated heterocycles. The molecule has 2 rings (SSSR count). The first-order chi connectivity index (χ1) is 9.45. The molecule has 0 radical (unpaired) electrons. The fourth-order valence-corrected chi connectivity index (χ4v) is 2.43. The zero-order valence-corrected chi connectivity index (χ0v) is 12.4. The van der Waals surface area contributed by atoms with Crippen molar-refractivity contribution in [2.24, 2.45) is 11.1 Å². The Hall–Kier alpha value is -1.72. The summed E-state index contributed by atoms with van der Waals surface area (Å²) in [6.45, 7) is 6.33. The third-order valence-electron chi connectivity index (χ3n) is 3.35. The summed E-state index contributed by atoms with van der Waals surface area (Å²) in [4.78, 5) is 0. The van der Waals surface area contributed by atoms with Gasteiger partial charge in [0.2, 0.25) is 0 Å². The van der Waals surface area contributed by atoms with E-state index in [9.17, 15) is 0 Å². The van der Waals surface area contributed by atoms with Gasteiger partial charge in [0.1, 0.15) is 0 Å². The third-order valence-corrected chi connectivity index (χ3v) is 3.35. The molecule has 108 valence electrons. The van der Waals surface area contributed by atoms with Gasteiger partial charge in [-0.3, -0.25) is 0 Å². The minimum atomic E-state index is -0.296. The van der Waals surface area contributed by atoms with Crippen LogP contribution in [0, 0.1) is 5.41 Å². The Balaban J connectivity index is 2.37. The standard InChI is InChI=1S/C15H22N4O/c1-15(2,3)14(20-4)13(16)12-10-17-18-19(12)11-8-6-5-7-9-11/h5-10,13-14H,16H2,1-4H3. The first kappa shape index (κ1) is 14.7. The number of hydrogen-bond donors (Lipinski definition) is 1. The molecule has 0 bridgehead atoms. The van der Waals surface area contributed by atoms with Crippen LogP contribution in [0.15, 0.2) is 36.5 Å². The van der Waals surface area contributed by atoms with Crippen LogP contribution < -0.4 is 5.73 Å². The summed E-state index contributed by atoms with van der Waals surface area (Å²) in [7, 11) is 1.69. The smallest absolute Gasteiger partial charge is 0.0839 e. The van der Waals surface area contributed by atoms with E-state index in [0.29, 0.717) is 0 Å². The Bertz CT molecular complexity index is 545. The van der Waals surface area contributed by atoms with E-state index in [1.54, 1.807) is 18.0 Å². The molecule has 2 atom stereocenters. The van der Waals surface area contributed by atoms with Gasteiger partial charge < -0.3 is 10.5 Å². The lowest BCUT2D eigenvalue weighted by molar-refractivity contribution is -0.00383. The molecule has 5 nitrogen and oxygen atoms in total. The van der Waals surface area contributed by atoms with Crippen molar-refractivity contribution in [1.29, 1.82) is 0 Å². The number of rotatable bonds is 4. The summed E-state index contributed by atoms with van der Waals surface area (Å²) in [6.07, 6.45) is 1.58. The van der Waals surface area contributed by atoms with E-state index in [-0.39, 0.29) is 17.6 Å². The summed E-state index contributed by atoms with van der Waals surface area (Å²) in [5.74, 6) is 0. The Morgan fingerprint density at radius 1 is 1.20 bits per heavy atom. The maximum absolute atomic E-state index is 6.39. The highest BCUT2D eigenvalue weighted by Crippen LogP contribution is 2.31. The zero-order chi connectivity index (χ0) is 14.8. The van der Waals surface area contributed by atoms with E-state index in [4.69, 9.17) is 10.5 Å². The lowest BCUT2D eigenvalue weighted by Crippen LogP contribution is -2.39. The molecule has 20 heavy (non-hydrogen) atoms. The number of hydrogen-bond acceptors (Lipinski definition) is 4. The van der Waals surface area contributed by atoms with E-state index < -0.39 is 0 Å². The molecule has 1 heterocycles. The molecular weight excluding hydrogens is 252 g/mol. The number of benzene rings is 1. The second kappa shape index (κ2) is 5.73. The van der Waals surface area contributed by atoms with Gasteiger partial charge in [-0.05, 0) is 17.5 Å². The van der Waals surface area contributed by atoms with E-state index in [0.717, 1.165) is 11.4 Å². The highest BCUT2D eigenvalue weighted by atomic mass is 16.5. The lowest BCUT2D eigenvalue weighted by Gasteiger charge is -2.33. The minimum Gasteiger partial charge on any atom is -0.379 e. The van der Waals surface area contributed by atoms with Gasteiger partial charge in [-0.2, -0.15) is 0 Å². The SMILES string of the molecule is COC(C(N)c1cnnn1-c1ccccc1)C(C)(C)C. The second-order valence-corrected chi connectivity index (χ2v) is 5.95. The summed E-state index contributed by atoms with van der Waals surface area (Å²) in [5, 5.41) is 8.13. The summed E-state index contributed by atoms with van der Waals surface area (Å²) in [6, 6.07) is 9.55. The fourth-order valence-electron chi connectivity index (χ4n) is 2.43. The Labute approximate surface area is 119 Å². The van der Waals surface area contributed by atoms with Crippen molar-refractivity contribution >= 4 is 0 Å². The van der Waals surface area contributed by atoms with Crippen LogP contribution in [0.4, 0.5) is 0 Å². The number of methoxy groups -OCH3 is 1. The van der Waals surface area contributed by atoms with Crippen LogP contribution in [0.3, 0.4) is 0 Å². The van der Waals surface area contributed by atoms with Gasteiger partial charge in [0.15, 0.2) is 0 Å². The number of aromatic nitrogens is 3. The molecule has 0 fully saturated rings. The molecule has 5 heteroatoms. The van der Waals surface area contributed by atoms with Gasteiger partial charge in [-0.1, -0.05) is 44.2 Å². The maximum Gasteiger partial charge on any atom is 0.0839 e. The van der Waals surface area contributed by atoms with Crippen molar-refractivity contribution in [2.75, 3.05) is 7.11 Å². The number of nitrogens with zero attached hydrogens (tertiary/aromatic N) is 3. The van der Waals surface area contributed by atoms with Crippen molar-refractivity contribution in [3.63, 3.8) is 0 Å². The summed E-state index contributed by atoms with van der Waals surface area (Å²) in [5.41, 5.74) is 8.11. The quantitative estimate of drug-likeness (QED) is 0.929. The molecule has 0 aliphatic heterocycles. The normalized spacial score (nSPS) is 15.1. The van der Waals surface area contributed by atoms with Gasteiger partial charge in [0, 0.05) is 7.11 Å². The Morgan fingerprint density at radius 2 is 1.85 bits per heavy atom. The number of ether oxygens (including phenoxy) is 1. The lowest BCUT2D eigenvalue weighted by atomic mass is 9.84. The summed E-state index contributed by atoms with van der Waals surface area (Å²) < 4.78 is 7.36. The van der Waals surface area contributed by atoms with Crippen LogP contribution in [-0.2, 0) is 4.74 Å². The Morgan fingerprint density at radius 3 is 2.40 bits per heavy atom. The van der Waals surface area contributed by atoms with Crippen molar-refractivity contribution in [3.8, 4) is 5.69 Å². The van der Waals surface area contributed by atoms with Crippen LogP contribution >= 0.6 is 0 Å². The monoisotopic (exact) mass is 274 g/mol. The average molecular weight is 274 g/mol. The van der Waals surface area contributed by atoms with Gasteiger partial charge in [0.05, 0.1) is 29.7 Å². The molecule has 2 N–H and O–H groups in total. The minimum absolute atomic E-state index is 0.0695. The largest absolute Gasteiger partial charge is 0.379 e. The fraction of sp³-hybridized carbons (Fsp3) is 0.467. The maximum atomic E-state index is 6.39. The molecule has 0 aliphatic rings. The van der Waals surface area contributed by atoms with Gasteiger partial charge in [-0.15, -0.1) is 5.10 Å². The van der Waals surface area contributed by atoms with Crippen LogP contribution in [0.2, 0.25) is 0 Å². The van der Waals surface area contributed by atoms with Gasteiger partial charge >= 0.3 is 0 Å². The van der Waals surface area contributed by atoms with Crippen molar-refractivity contribution in [3.05, 3.63) is 42.2 Å². The van der Waals surface area contributed by atoms with E-state index in [1.165, 1.54) is 0 Å². The average Bonchev–Trinajstić information content (AvgIpc) is 2.88. The van der Waals surface area contributed by atoms with E-state index >= 15 is 0 Å². The molecule has 0 saturated carbocycles. The van der Waals surface area contributed by atoms with Gasteiger partial charge in [-0.25, -0.2) is 4.68 Å². The van der Waals surface area contributed by atoms with Crippen molar-refractivity contribution in [2.45, 2.75) is 32.9 Å². The zero-order valence-electron chi connectivity index (χ0n) is 12.4. The summed E-state index contributed by atoms with van der Waals surface area (Å²) >= 11 is 0. The van der Waals surface area contributed by atoms with Crippen LogP contribution in [0.5, 0.6) is 0 Å². The molecule has 0 amide bonds. The number of para-hydroxylation sites is 1. The first-order valence-electron chi connectivity index (χ1n) is 6.69. The molecule has 0 spiro atoms. The Kier molecular flexibility index (Phi) is 4.20. The molecular formula is C15H22N4O. The van der Waals surface area contributed by atoms with Crippen LogP contribution in [0.1, 0.15) is 32.5 Å².